The summed E-state index contributed by atoms with van der Waals surface area (Å²) in [5, 5.41) is 0. The lowest BCUT2D eigenvalue weighted by Gasteiger charge is -2.16. The van der Waals surface area contributed by atoms with Crippen molar-refractivity contribution < 1.29 is 4.74 Å². The van der Waals surface area contributed by atoms with Gasteiger partial charge in [0.25, 0.3) is 0 Å². The number of benzene rings is 1. The monoisotopic (exact) mass is 203 g/mol. The molecule has 3 rings (SSSR count). The second kappa shape index (κ2) is 2.99. The molecule has 0 atom stereocenters. The molecule has 0 heterocycles. The van der Waals surface area contributed by atoms with Gasteiger partial charge in [-0.05, 0) is 54.9 Å². The number of hydrogen-bond donors (Lipinski definition) is 1. The van der Waals surface area contributed by atoms with Crippen molar-refractivity contribution in [2.45, 2.75) is 37.6 Å². The fraction of sp³-hybridized carbons (Fsp3) is 0.538. The number of methoxy groups -OCH3 is 1. The van der Waals surface area contributed by atoms with Crippen LogP contribution in [-0.4, -0.2) is 7.11 Å². The molecule has 2 aliphatic rings. The van der Waals surface area contributed by atoms with Crippen LogP contribution in [0, 0.1) is 0 Å². The highest BCUT2D eigenvalue weighted by atomic mass is 16.5. The van der Waals surface area contributed by atoms with E-state index in [1.54, 1.807) is 7.11 Å². The van der Waals surface area contributed by atoms with E-state index >= 15 is 0 Å². The molecule has 2 aliphatic carbocycles. The van der Waals surface area contributed by atoms with E-state index in [0.29, 0.717) is 0 Å². The maximum atomic E-state index is 6.29. The van der Waals surface area contributed by atoms with Gasteiger partial charge >= 0.3 is 0 Å². The zero-order valence-electron chi connectivity index (χ0n) is 9.18. The van der Waals surface area contributed by atoms with Crippen LogP contribution >= 0.6 is 0 Å². The van der Waals surface area contributed by atoms with Crippen molar-refractivity contribution in [1.29, 1.82) is 0 Å². The Hall–Kier alpha value is -1.02. The number of nitrogens with two attached hydrogens (primary N) is 1. The summed E-state index contributed by atoms with van der Waals surface area (Å²) in [5.74, 6) is 1.05. The topological polar surface area (TPSA) is 35.2 Å². The second-order valence-corrected chi connectivity index (χ2v) is 4.78. The molecule has 0 aliphatic heterocycles. The van der Waals surface area contributed by atoms with Crippen LogP contribution in [0.2, 0.25) is 0 Å². The third kappa shape index (κ3) is 1.28. The van der Waals surface area contributed by atoms with Crippen LogP contribution in [0.4, 0.5) is 0 Å². The number of rotatable bonds is 2. The molecule has 2 N–H and O–H groups in total. The number of ether oxygens (including phenoxy) is 1. The smallest absolute Gasteiger partial charge is 0.122 e. The van der Waals surface area contributed by atoms with E-state index in [0.717, 1.165) is 25.0 Å². The summed E-state index contributed by atoms with van der Waals surface area (Å²) in [7, 11) is 1.75. The minimum absolute atomic E-state index is 0.000689. The summed E-state index contributed by atoms with van der Waals surface area (Å²) >= 11 is 0. The van der Waals surface area contributed by atoms with E-state index in [9.17, 15) is 0 Å². The van der Waals surface area contributed by atoms with Gasteiger partial charge in [-0.15, -0.1) is 0 Å². The average molecular weight is 203 g/mol. The maximum absolute atomic E-state index is 6.29. The molecule has 0 amide bonds. The number of fused-ring (bicyclic) bond motifs is 1. The van der Waals surface area contributed by atoms with E-state index in [4.69, 9.17) is 10.5 Å². The third-order valence-corrected chi connectivity index (χ3v) is 3.79. The lowest BCUT2D eigenvalue weighted by molar-refractivity contribution is 0.410. The van der Waals surface area contributed by atoms with Crippen molar-refractivity contribution >= 4 is 0 Å². The molecule has 1 aromatic carbocycles. The van der Waals surface area contributed by atoms with Crippen molar-refractivity contribution in [2.24, 2.45) is 5.73 Å². The zero-order valence-corrected chi connectivity index (χ0v) is 9.18. The molecular weight excluding hydrogens is 186 g/mol. The standard InChI is InChI=1S/C13H17NO/c1-15-12-6-5-11(13(14)7-8-13)9-3-2-4-10(9)12/h5-6H,2-4,7-8,14H2,1H3. The van der Waals surface area contributed by atoms with Crippen LogP contribution in [0.15, 0.2) is 12.1 Å². The Morgan fingerprint density at radius 1 is 1.20 bits per heavy atom. The lowest BCUT2D eigenvalue weighted by atomic mass is 9.95. The fourth-order valence-electron chi connectivity index (χ4n) is 2.73. The van der Waals surface area contributed by atoms with E-state index in [-0.39, 0.29) is 5.54 Å². The van der Waals surface area contributed by atoms with Gasteiger partial charge in [0.1, 0.15) is 5.75 Å². The quantitative estimate of drug-likeness (QED) is 0.799. The summed E-state index contributed by atoms with van der Waals surface area (Å²) in [6, 6.07) is 4.27. The molecule has 2 heteroatoms. The van der Waals surface area contributed by atoms with Gasteiger partial charge in [-0.25, -0.2) is 0 Å². The van der Waals surface area contributed by atoms with Gasteiger partial charge in [-0.3, -0.25) is 0 Å². The summed E-state index contributed by atoms with van der Waals surface area (Å²) in [6.45, 7) is 0. The van der Waals surface area contributed by atoms with Crippen LogP contribution in [-0.2, 0) is 18.4 Å². The molecule has 1 aromatic rings. The summed E-state index contributed by atoms with van der Waals surface area (Å²) in [5.41, 5.74) is 10.6. The first-order chi connectivity index (χ1) is 7.24. The Morgan fingerprint density at radius 3 is 2.60 bits per heavy atom. The maximum Gasteiger partial charge on any atom is 0.122 e. The number of hydrogen-bond acceptors (Lipinski definition) is 2. The van der Waals surface area contributed by atoms with Gasteiger partial charge in [0, 0.05) is 5.54 Å². The van der Waals surface area contributed by atoms with Crippen LogP contribution in [0.3, 0.4) is 0 Å². The summed E-state index contributed by atoms with van der Waals surface area (Å²) < 4.78 is 5.40. The first-order valence-electron chi connectivity index (χ1n) is 5.73. The van der Waals surface area contributed by atoms with Crippen LogP contribution < -0.4 is 10.5 Å². The highest BCUT2D eigenvalue weighted by Crippen LogP contribution is 2.47. The highest BCUT2D eigenvalue weighted by Gasteiger charge is 2.42. The first kappa shape index (κ1) is 9.22. The predicted octanol–water partition coefficient (Wildman–Crippen LogP) is 2.13. The Bertz CT molecular complexity index is 407. The van der Waals surface area contributed by atoms with Crippen LogP contribution in [0.5, 0.6) is 5.75 Å². The molecule has 0 aromatic heterocycles. The minimum Gasteiger partial charge on any atom is -0.496 e. The van der Waals surface area contributed by atoms with Gasteiger partial charge in [-0.2, -0.15) is 0 Å². The van der Waals surface area contributed by atoms with Crippen LogP contribution in [0.1, 0.15) is 36.0 Å². The van der Waals surface area contributed by atoms with E-state index in [2.05, 4.69) is 12.1 Å². The Kier molecular flexibility index (Phi) is 1.84. The zero-order chi connectivity index (χ0) is 10.5. The lowest BCUT2D eigenvalue weighted by Crippen LogP contribution is -2.20. The summed E-state index contributed by atoms with van der Waals surface area (Å²) in [6.07, 6.45) is 5.87. The molecule has 0 unspecified atom stereocenters. The molecule has 2 nitrogen and oxygen atoms in total. The molecule has 0 radical (unpaired) electrons. The van der Waals surface area contributed by atoms with E-state index < -0.39 is 0 Å². The second-order valence-electron chi connectivity index (χ2n) is 4.78. The first-order valence-corrected chi connectivity index (χ1v) is 5.73. The molecule has 0 bridgehead atoms. The Labute approximate surface area is 90.4 Å². The molecular formula is C13H17NO. The molecule has 15 heavy (non-hydrogen) atoms. The van der Waals surface area contributed by atoms with E-state index in [1.165, 1.54) is 29.5 Å². The molecule has 80 valence electrons. The van der Waals surface area contributed by atoms with Crippen molar-refractivity contribution in [2.75, 3.05) is 7.11 Å². The molecule has 1 fully saturated rings. The summed E-state index contributed by atoms with van der Waals surface area (Å²) in [4.78, 5) is 0. The Morgan fingerprint density at radius 2 is 1.93 bits per heavy atom. The van der Waals surface area contributed by atoms with Gasteiger partial charge in [0.15, 0.2) is 0 Å². The van der Waals surface area contributed by atoms with Gasteiger partial charge in [0.05, 0.1) is 7.11 Å². The predicted molar refractivity (Wildman–Crippen MR) is 60.1 cm³/mol. The SMILES string of the molecule is COc1ccc(C2(N)CC2)c2c1CCC2. The molecule has 0 saturated heterocycles. The van der Waals surface area contributed by atoms with Crippen molar-refractivity contribution in [1.82, 2.24) is 0 Å². The highest BCUT2D eigenvalue weighted by molar-refractivity contribution is 5.51. The van der Waals surface area contributed by atoms with Crippen LogP contribution in [0.25, 0.3) is 0 Å². The fourth-order valence-corrected chi connectivity index (χ4v) is 2.73. The van der Waals surface area contributed by atoms with Crippen molar-refractivity contribution in [3.63, 3.8) is 0 Å². The normalized spacial score (nSPS) is 21.2. The van der Waals surface area contributed by atoms with Gasteiger partial charge in [0.2, 0.25) is 0 Å². The van der Waals surface area contributed by atoms with Gasteiger partial charge in [-0.1, -0.05) is 6.07 Å². The average Bonchev–Trinajstić information content (AvgIpc) is 2.82. The minimum atomic E-state index is 0.000689. The molecule has 0 spiro atoms. The largest absolute Gasteiger partial charge is 0.496 e. The van der Waals surface area contributed by atoms with Crippen molar-refractivity contribution in [3.8, 4) is 5.75 Å². The third-order valence-electron chi connectivity index (χ3n) is 3.79. The Balaban J connectivity index is 2.14. The van der Waals surface area contributed by atoms with Crippen molar-refractivity contribution in [3.05, 3.63) is 28.8 Å². The molecule has 1 saturated carbocycles. The van der Waals surface area contributed by atoms with E-state index in [1.807, 2.05) is 0 Å². The van der Waals surface area contributed by atoms with Gasteiger partial charge < -0.3 is 10.5 Å².